The minimum atomic E-state index is 0.270. The van der Waals surface area contributed by atoms with E-state index in [0.717, 1.165) is 37.3 Å². The molecule has 4 heterocycles. The van der Waals surface area contributed by atoms with Gasteiger partial charge in [0.15, 0.2) is 4.96 Å². The Kier molecular flexibility index (Phi) is 4.27. The van der Waals surface area contributed by atoms with Gasteiger partial charge in [-0.3, -0.25) is 13.9 Å². The molecule has 7 heteroatoms. The monoisotopic (exact) mass is 383 g/mol. The van der Waals surface area contributed by atoms with Crippen LogP contribution in [-0.4, -0.2) is 43.1 Å². The summed E-state index contributed by atoms with van der Waals surface area (Å²) < 4.78 is 4.26. The summed E-state index contributed by atoms with van der Waals surface area (Å²) in [6, 6.07) is 0.422. The summed E-state index contributed by atoms with van der Waals surface area (Å²) in [5.74, 6) is 0.943. The fourth-order valence-electron chi connectivity index (χ4n) is 4.01. The summed E-state index contributed by atoms with van der Waals surface area (Å²) in [4.78, 5) is 20.5. The number of carbonyl (C=O) groups is 1. The SMILES string of the molecule is Cc1cnn(C2CCN(C(=O)CCc3csc4nc(C5CC5)cn34)CC2)c1. The largest absolute Gasteiger partial charge is 0.343 e. The minimum Gasteiger partial charge on any atom is -0.343 e. The fraction of sp³-hybridized carbons (Fsp3) is 0.550. The summed E-state index contributed by atoms with van der Waals surface area (Å²) >= 11 is 1.68. The van der Waals surface area contributed by atoms with E-state index in [4.69, 9.17) is 4.98 Å². The van der Waals surface area contributed by atoms with E-state index in [1.54, 1.807) is 11.3 Å². The predicted molar refractivity (Wildman–Crippen MR) is 105 cm³/mol. The third-order valence-electron chi connectivity index (χ3n) is 5.81. The maximum atomic E-state index is 12.7. The van der Waals surface area contributed by atoms with Crippen LogP contribution in [0.25, 0.3) is 4.96 Å². The van der Waals surface area contributed by atoms with Gasteiger partial charge in [0.1, 0.15) is 0 Å². The summed E-state index contributed by atoms with van der Waals surface area (Å²) in [6.07, 6.45) is 12.1. The maximum Gasteiger partial charge on any atom is 0.222 e. The molecule has 0 aromatic carbocycles. The molecule has 0 unspecified atom stereocenters. The number of rotatable bonds is 5. The number of amides is 1. The van der Waals surface area contributed by atoms with E-state index in [1.165, 1.54) is 29.8 Å². The number of nitrogens with zero attached hydrogens (tertiary/aromatic N) is 5. The lowest BCUT2D eigenvalue weighted by atomic mass is 10.0. The van der Waals surface area contributed by atoms with Crippen molar-refractivity contribution < 1.29 is 4.79 Å². The van der Waals surface area contributed by atoms with Crippen LogP contribution in [0.4, 0.5) is 0 Å². The highest BCUT2D eigenvalue weighted by Crippen LogP contribution is 2.40. The molecule has 1 aliphatic heterocycles. The van der Waals surface area contributed by atoms with Crippen LogP contribution in [0, 0.1) is 6.92 Å². The molecule has 2 aliphatic rings. The van der Waals surface area contributed by atoms with Crippen molar-refractivity contribution in [1.82, 2.24) is 24.1 Å². The number of piperidine rings is 1. The van der Waals surface area contributed by atoms with Gasteiger partial charge in [0.05, 0.1) is 17.9 Å². The van der Waals surface area contributed by atoms with Crippen LogP contribution in [0.2, 0.25) is 0 Å². The predicted octanol–water partition coefficient (Wildman–Crippen LogP) is 3.57. The van der Waals surface area contributed by atoms with Crippen molar-refractivity contribution in [3.05, 3.63) is 40.9 Å². The first-order valence-electron chi connectivity index (χ1n) is 9.91. The molecular formula is C20H25N5OS. The van der Waals surface area contributed by atoms with Crippen molar-refractivity contribution in [3.8, 4) is 0 Å². The number of imidazole rings is 1. The Morgan fingerprint density at radius 1 is 1.22 bits per heavy atom. The van der Waals surface area contributed by atoms with Crippen molar-refractivity contribution in [1.29, 1.82) is 0 Å². The molecule has 6 nitrogen and oxygen atoms in total. The molecule has 1 saturated heterocycles. The van der Waals surface area contributed by atoms with Gasteiger partial charge in [0.25, 0.3) is 0 Å². The number of thiazole rings is 1. The lowest BCUT2D eigenvalue weighted by Gasteiger charge is -2.32. The highest BCUT2D eigenvalue weighted by molar-refractivity contribution is 7.15. The van der Waals surface area contributed by atoms with Crippen LogP contribution >= 0.6 is 11.3 Å². The molecule has 2 fully saturated rings. The molecule has 142 valence electrons. The molecule has 1 amide bonds. The molecular weight excluding hydrogens is 358 g/mol. The van der Waals surface area contributed by atoms with E-state index in [-0.39, 0.29) is 5.91 Å². The quantitative estimate of drug-likeness (QED) is 0.677. The topological polar surface area (TPSA) is 55.4 Å². The lowest BCUT2D eigenvalue weighted by molar-refractivity contribution is -0.132. The standard InChI is InChI=1S/C20H25N5OS/c1-14-10-21-25(11-14)16-6-8-23(9-7-16)19(26)5-4-17-13-27-20-22-18(12-24(17)20)15-2-3-15/h10-13,15-16H,2-9H2,1H3. The van der Waals surface area contributed by atoms with Crippen LogP contribution in [0.15, 0.2) is 24.0 Å². The highest BCUT2D eigenvalue weighted by atomic mass is 32.1. The molecule has 1 saturated carbocycles. The van der Waals surface area contributed by atoms with Gasteiger partial charge in [0.2, 0.25) is 5.91 Å². The summed E-state index contributed by atoms with van der Waals surface area (Å²) in [7, 11) is 0. The summed E-state index contributed by atoms with van der Waals surface area (Å²) in [5.41, 5.74) is 3.63. The Hall–Kier alpha value is -2.15. The zero-order chi connectivity index (χ0) is 18.4. The van der Waals surface area contributed by atoms with E-state index in [0.29, 0.717) is 18.4 Å². The minimum absolute atomic E-state index is 0.270. The molecule has 1 aliphatic carbocycles. The molecule has 0 atom stereocenters. The molecule has 27 heavy (non-hydrogen) atoms. The molecule has 0 N–H and O–H groups in total. The molecule has 3 aromatic heterocycles. The van der Waals surface area contributed by atoms with E-state index < -0.39 is 0 Å². The van der Waals surface area contributed by atoms with Gasteiger partial charge < -0.3 is 4.90 Å². The number of fused-ring (bicyclic) bond motifs is 1. The van der Waals surface area contributed by atoms with Crippen molar-refractivity contribution in [2.45, 2.75) is 57.4 Å². The Labute approximate surface area is 162 Å². The molecule has 0 bridgehead atoms. The van der Waals surface area contributed by atoms with Crippen molar-refractivity contribution >= 4 is 22.2 Å². The number of hydrogen-bond acceptors (Lipinski definition) is 4. The van der Waals surface area contributed by atoms with Crippen molar-refractivity contribution in [2.75, 3.05) is 13.1 Å². The third-order valence-corrected chi connectivity index (χ3v) is 6.70. The molecule has 5 rings (SSSR count). The number of aromatic nitrogens is 4. The van der Waals surface area contributed by atoms with E-state index in [2.05, 4.69) is 38.9 Å². The van der Waals surface area contributed by atoms with Crippen molar-refractivity contribution in [2.24, 2.45) is 0 Å². The van der Waals surface area contributed by atoms with Crippen molar-refractivity contribution in [3.63, 3.8) is 0 Å². The van der Waals surface area contributed by atoms with Gasteiger partial charge in [-0.2, -0.15) is 5.10 Å². The second-order valence-corrected chi connectivity index (χ2v) is 8.77. The van der Waals surface area contributed by atoms with Gasteiger partial charge in [-0.1, -0.05) is 0 Å². The fourth-order valence-corrected chi connectivity index (χ4v) is 4.92. The first-order valence-corrected chi connectivity index (χ1v) is 10.8. The lowest BCUT2D eigenvalue weighted by Crippen LogP contribution is -2.39. The highest BCUT2D eigenvalue weighted by Gasteiger charge is 2.27. The first-order chi connectivity index (χ1) is 13.2. The van der Waals surface area contributed by atoms with Gasteiger partial charge in [-0.05, 0) is 44.6 Å². The summed E-state index contributed by atoms with van der Waals surface area (Å²) in [6.45, 7) is 3.73. The molecule has 0 spiro atoms. The smallest absolute Gasteiger partial charge is 0.222 e. The number of hydrogen-bond donors (Lipinski definition) is 0. The first kappa shape index (κ1) is 17.0. The van der Waals surface area contributed by atoms with Gasteiger partial charge in [0, 0.05) is 48.9 Å². The Bertz CT molecular complexity index is 958. The zero-order valence-electron chi connectivity index (χ0n) is 15.7. The average Bonchev–Trinajstić information content (AvgIpc) is 3.12. The second kappa shape index (κ2) is 6.78. The number of aryl methyl sites for hydroxylation is 2. The normalized spacial score (nSPS) is 18.5. The average molecular weight is 384 g/mol. The van der Waals surface area contributed by atoms with Gasteiger partial charge in [-0.25, -0.2) is 4.98 Å². The second-order valence-electron chi connectivity index (χ2n) is 7.93. The Balaban J connectivity index is 1.17. The van der Waals surface area contributed by atoms with Gasteiger partial charge >= 0.3 is 0 Å². The van der Waals surface area contributed by atoms with E-state index in [9.17, 15) is 4.79 Å². The third kappa shape index (κ3) is 3.40. The Morgan fingerprint density at radius 2 is 2.04 bits per heavy atom. The van der Waals surface area contributed by atoms with Crippen LogP contribution in [-0.2, 0) is 11.2 Å². The van der Waals surface area contributed by atoms with Crippen LogP contribution in [0.1, 0.15) is 61.0 Å². The van der Waals surface area contributed by atoms with Crippen LogP contribution < -0.4 is 0 Å². The van der Waals surface area contributed by atoms with Gasteiger partial charge in [-0.15, -0.1) is 11.3 Å². The molecule has 0 radical (unpaired) electrons. The maximum absolute atomic E-state index is 12.7. The van der Waals surface area contributed by atoms with Crippen LogP contribution in [0.3, 0.4) is 0 Å². The number of likely N-dealkylation sites (tertiary alicyclic amines) is 1. The van der Waals surface area contributed by atoms with E-state index in [1.807, 2.05) is 11.1 Å². The zero-order valence-corrected chi connectivity index (χ0v) is 16.5. The van der Waals surface area contributed by atoms with E-state index >= 15 is 0 Å². The number of carbonyl (C=O) groups excluding carboxylic acids is 1. The summed E-state index contributed by atoms with van der Waals surface area (Å²) in [5, 5.41) is 6.58. The molecule has 3 aromatic rings. The van der Waals surface area contributed by atoms with Crippen LogP contribution in [0.5, 0.6) is 0 Å². The Morgan fingerprint density at radius 3 is 2.74 bits per heavy atom.